The average molecular weight is 183 g/mol. The van der Waals surface area contributed by atoms with E-state index < -0.39 is 0 Å². The van der Waals surface area contributed by atoms with Gasteiger partial charge in [0.15, 0.2) is 5.82 Å². The van der Waals surface area contributed by atoms with Crippen molar-refractivity contribution in [3.05, 3.63) is 12.3 Å². The molecule has 0 fully saturated rings. The molecule has 5 nitrogen and oxygen atoms in total. The number of carbonyl (C=O) groups excluding carboxylic acids is 1. The van der Waals surface area contributed by atoms with Crippen molar-refractivity contribution in [2.45, 2.75) is 19.9 Å². The zero-order chi connectivity index (χ0) is 9.84. The summed E-state index contributed by atoms with van der Waals surface area (Å²) < 4.78 is 4.56. The monoisotopic (exact) mass is 183 g/mol. The number of hydrogen-bond donors (Lipinski definition) is 2. The van der Waals surface area contributed by atoms with Gasteiger partial charge in [-0.2, -0.15) is 0 Å². The molecule has 0 aromatic carbocycles. The molecule has 13 heavy (non-hydrogen) atoms. The highest BCUT2D eigenvalue weighted by atomic mass is 16.5. The number of nitrogens with zero attached hydrogens (tertiary/aromatic N) is 1. The molecule has 2 atom stereocenters. The zero-order valence-corrected chi connectivity index (χ0v) is 7.65. The number of rotatable bonds is 3. The number of carbonyl (C=O) groups is 1. The van der Waals surface area contributed by atoms with Crippen LogP contribution in [0.1, 0.15) is 13.8 Å². The molecular weight excluding hydrogens is 170 g/mol. The summed E-state index contributed by atoms with van der Waals surface area (Å²) in [5, 5.41) is 6.13. The van der Waals surface area contributed by atoms with Crippen molar-refractivity contribution in [3.63, 3.8) is 0 Å². The van der Waals surface area contributed by atoms with Crippen LogP contribution in [-0.4, -0.2) is 17.1 Å². The molecule has 0 spiro atoms. The molecule has 0 bridgehead atoms. The maximum absolute atomic E-state index is 11.4. The van der Waals surface area contributed by atoms with E-state index in [1.165, 1.54) is 6.26 Å². The molecule has 2 unspecified atom stereocenters. The van der Waals surface area contributed by atoms with Crippen molar-refractivity contribution in [2.75, 3.05) is 5.32 Å². The number of anilines is 1. The first kappa shape index (κ1) is 9.73. The number of nitrogens with one attached hydrogen (secondary N) is 1. The number of amides is 1. The molecule has 1 amide bonds. The van der Waals surface area contributed by atoms with Crippen LogP contribution in [0.4, 0.5) is 5.82 Å². The third-order valence-corrected chi connectivity index (χ3v) is 1.89. The number of hydrogen-bond acceptors (Lipinski definition) is 4. The summed E-state index contributed by atoms with van der Waals surface area (Å²) >= 11 is 0. The van der Waals surface area contributed by atoms with Crippen molar-refractivity contribution in [3.8, 4) is 0 Å². The summed E-state index contributed by atoms with van der Waals surface area (Å²) in [5.74, 6) is 0.0260. The lowest BCUT2D eigenvalue weighted by atomic mass is 10.0. The minimum absolute atomic E-state index is 0.149. The molecule has 72 valence electrons. The van der Waals surface area contributed by atoms with Crippen molar-refractivity contribution in [2.24, 2.45) is 11.7 Å². The van der Waals surface area contributed by atoms with Crippen LogP contribution < -0.4 is 11.1 Å². The summed E-state index contributed by atoms with van der Waals surface area (Å²) in [6.07, 6.45) is 1.39. The van der Waals surface area contributed by atoms with E-state index in [0.29, 0.717) is 5.82 Å². The van der Waals surface area contributed by atoms with Crippen molar-refractivity contribution in [1.82, 2.24) is 5.16 Å². The van der Waals surface area contributed by atoms with E-state index in [1.54, 1.807) is 19.9 Å². The van der Waals surface area contributed by atoms with Crippen molar-refractivity contribution in [1.29, 1.82) is 0 Å². The Balaban J connectivity index is 2.51. The Kier molecular flexibility index (Phi) is 3.02. The predicted molar refractivity (Wildman–Crippen MR) is 47.9 cm³/mol. The van der Waals surface area contributed by atoms with E-state index in [2.05, 4.69) is 15.0 Å². The Bertz CT molecular complexity index is 269. The standard InChI is InChI=1S/C8H13N3O2/c1-5(6(2)9)8(12)10-7-3-4-13-11-7/h3-6H,9H2,1-2H3,(H,10,11,12). The molecule has 0 radical (unpaired) electrons. The van der Waals surface area contributed by atoms with E-state index in [1.807, 2.05) is 0 Å². The fraction of sp³-hybridized carbons (Fsp3) is 0.500. The first-order valence-electron chi connectivity index (χ1n) is 4.08. The van der Waals surface area contributed by atoms with Gasteiger partial charge in [0.25, 0.3) is 0 Å². The van der Waals surface area contributed by atoms with Gasteiger partial charge in [0.2, 0.25) is 5.91 Å². The normalized spacial score (nSPS) is 15.0. The van der Waals surface area contributed by atoms with Crippen LogP contribution in [0.3, 0.4) is 0 Å². The van der Waals surface area contributed by atoms with E-state index in [0.717, 1.165) is 0 Å². The van der Waals surface area contributed by atoms with Crippen LogP contribution in [-0.2, 0) is 4.79 Å². The quantitative estimate of drug-likeness (QED) is 0.718. The summed E-state index contributed by atoms with van der Waals surface area (Å²) in [6.45, 7) is 3.55. The van der Waals surface area contributed by atoms with Gasteiger partial charge in [-0.3, -0.25) is 4.79 Å². The summed E-state index contributed by atoms with van der Waals surface area (Å²) in [7, 11) is 0. The SMILES string of the molecule is CC(N)C(C)C(=O)Nc1ccon1. The van der Waals surface area contributed by atoms with E-state index in [4.69, 9.17) is 5.73 Å². The Hall–Kier alpha value is -1.36. The molecule has 0 saturated carbocycles. The summed E-state index contributed by atoms with van der Waals surface area (Å²) in [6, 6.07) is 1.40. The van der Waals surface area contributed by atoms with E-state index in [9.17, 15) is 4.79 Å². The van der Waals surface area contributed by atoms with E-state index >= 15 is 0 Å². The second-order valence-electron chi connectivity index (χ2n) is 3.02. The second kappa shape index (κ2) is 4.04. The predicted octanol–water partition coefficient (Wildman–Crippen LogP) is 0.596. The van der Waals surface area contributed by atoms with E-state index in [-0.39, 0.29) is 17.9 Å². The lowest BCUT2D eigenvalue weighted by Crippen LogP contribution is -2.34. The lowest BCUT2D eigenvalue weighted by molar-refractivity contribution is -0.119. The van der Waals surface area contributed by atoms with Crippen LogP contribution in [0.2, 0.25) is 0 Å². The zero-order valence-electron chi connectivity index (χ0n) is 7.65. The fourth-order valence-corrected chi connectivity index (χ4v) is 0.756. The van der Waals surface area contributed by atoms with Gasteiger partial charge in [-0.1, -0.05) is 12.1 Å². The van der Waals surface area contributed by atoms with Gasteiger partial charge in [0, 0.05) is 12.1 Å². The smallest absolute Gasteiger partial charge is 0.230 e. The molecular formula is C8H13N3O2. The van der Waals surface area contributed by atoms with Gasteiger partial charge in [-0.15, -0.1) is 0 Å². The topological polar surface area (TPSA) is 81.2 Å². The largest absolute Gasteiger partial charge is 0.363 e. The highest BCUT2D eigenvalue weighted by Gasteiger charge is 2.17. The highest BCUT2D eigenvalue weighted by Crippen LogP contribution is 2.06. The molecule has 0 saturated heterocycles. The van der Waals surface area contributed by atoms with Crippen LogP contribution in [0.5, 0.6) is 0 Å². The van der Waals surface area contributed by atoms with Gasteiger partial charge < -0.3 is 15.6 Å². The molecule has 0 aliphatic carbocycles. The molecule has 3 N–H and O–H groups in total. The minimum atomic E-state index is -0.239. The molecule has 0 aliphatic rings. The first-order chi connectivity index (χ1) is 6.11. The molecule has 1 aromatic rings. The summed E-state index contributed by atoms with van der Waals surface area (Å²) in [4.78, 5) is 11.4. The maximum Gasteiger partial charge on any atom is 0.230 e. The molecule has 1 heterocycles. The Labute approximate surface area is 76.3 Å². The van der Waals surface area contributed by atoms with Gasteiger partial charge >= 0.3 is 0 Å². The van der Waals surface area contributed by atoms with Gasteiger partial charge in [0.05, 0.1) is 5.92 Å². The van der Waals surface area contributed by atoms with Crippen LogP contribution in [0.15, 0.2) is 16.9 Å². The molecule has 5 heteroatoms. The average Bonchev–Trinajstić information content (AvgIpc) is 2.55. The third kappa shape index (κ3) is 2.55. The fourth-order valence-electron chi connectivity index (χ4n) is 0.756. The molecule has 1 rings (SSSR count). The Morgan fingerprint density at radius 3 is 2.85 bits per heavy atom. The maximum atomic E-state index is 11.4. The first-order valence-corrected chi connectivity index (χ1v) is 4.08. The van der Waals surface area contributed by atoms with Crippen LogP contribution in [0.25, 0.3) is 0 Å². The molecule has 1 aromatic heterocycles. The molecule has 0 aliphatic heterocycles. The lowest BCUT2D eigenvalue weighted by Gasteiger charge is -2.13. The van der Waals surface area contributed by atoms with Gasteiger partial charge in [-0.25, -0.2) is 0 Å². The van der Waals surface area contributed by atoms with Gasteiger partial charge in [0.1, 0.15) is 6.26 Å². The third-order valence-electron chi connectivity index (χ3n) is 1.89. The summed E-state index contributed by atoms with van der Waals surface area (Å²) in [5.41, 5.74) is 5.56. The highest BCUT2D eigenvalue weighted by molar-refractivity contribution is 5.91. The number of nitrogens with two attached hydrogens (primary N) is 1. The van der Waals surface area contributed by atoms with Crippen molar-refractivity contribution >= 4 is 11.7 Å². The number of aromatic nitrogens is 1. The minimum Gasteiger partial charge on any atom is -0.363 e. The van der Waals surface area contributed by atoms with Crippen molar-refractivity contribution < 1.29 is 9.32 Å². The van der Waals surface area contributed by atoms with Gasteiger partial charge in [-0.05, 0) is 6.92 Å². The van der Waals surface area contributed by atoms with Crippen LogP contribution in [0, 0.1) is 5.92 Å². The Morgan fingerprint density at radius 2 is 2.38 bits per heavy atom. The second-order valence-corrected chi connectivity index (χ2v) is 3.02. The van der Waals surface area contributed by atoms with Crippen LogP contribution >= 0.6 is 0 Å². The Morgan fingerprint density at radius 1 is 1.69 bits per heavy atom.